The fourth-order valence-corrected chi connectivity index (χ4v) is 1.90. The molecule has 0 aliphatic rings. The zero-order chi connectivity index (χ0) is 15.6. The summed E-state index contributed by atoms with van der Waals surface area (Å²) >= 11 is 0. The van der Waals surface area contributed by atoms with Crippen molar-refractivity contribution in [2.45, 2.75) is 38.9 Å². The van der Waals surface area contributed by atoms with E-state index in [1.807, 2.05) is 13.8 Å². The monoisotopic (exact) mass is 300 g/mol. The largest absolute Gasteiger partial charge is 0.373 e. The Hall–Kier alpha value is -1.37. The lowest BCUT2D eigenvalue weighted by Gasteiger charge is -2.24. The highest BCUT2D eigenvalue weighted by Crippen LogP contribution is 2.22. The second-order valence-electron chi connectivity index (χ2n) is 5.45. The van der Waals surface area contributed by atoms with Crippen LogP contribution in [0.5, 0.6) is 0 Å². The van der Waals surface area contributed by atoms with Crippen LogP contribution < -0.4 is 10.6 Å². The van der Waals surface area contributed by atoms with Crippen LogP contribution in [-0.4, -0.2) is 43.0 Å². The molecule has 0 unspecified atom stereocenters. The summed E-state index contributed by atoms with van der Waals surface area (Å²) in [4.78, 5) is 8.81. The van der Waals surface area contributed by atoms with Gasteiger partial charge in [0, 0.05) is 31.8 Å². The van der Waals surface area contributed by atoms with Gasteiger partial charge in [-0.25, -0.2) is 18.4 Å². The van der Waals surface area contributed by atoms with Crippen molar-refractivity contribution in [1.82, 2.24) is 9.97 Å². The van der Waals surface area contributed by atoms with Gasteiger partial charge < -0.3 is 10.6 Å². The molecule has 0 amide bonds. The van der Waals surface area contributed by atoms with Crippen molar-refractivity contribution in [3.63, 3.8) is 0 Å². The summed E-state index contributed by atoms with van der Waals surface area (Å²) in [7, 11) is -1.33. The summed E-state index contributed by atoms with van der Waals surface area (Å²) in [5, 5.41) is 6.17. The molecule has 1 heterocycles. The molecule has 0 fully saturated rings. The van der Waals surface area contributed by atoms with Crippen LogP contribution in [0.15, 0.2) is 0 Å². The molecule has 0 spiro atoms. The molecule has 114 valence electrons. The normalized spacial score (nSPS) is 12.3. The van der Waals surface area contributed by atoms with Crippen LogP contribution >= 0.6 is 0 Å². The molecular weight excluding hydrogens is 276 g/mol. The highest BCUT2D eigenvalue weighted by Gasteiger charge is 2.30. The van der Waals surface area contributed by atoms with Gasteiger partial charge in [0.15, 0.2) is 9.84 Å². The van der Waals surface area contributed by atoms with Gasteiger partial charge in [-0.2, -0.15) is 0 Å². The van der Waals surface area contributed by atoms with E-state index in [-0.39, 0.29) is 0 Å². The topological polar surface area (TPSA) is 84.0 Å². The number of nitrogens with zero attached hydrogens (tertiary/aromatic N) is 2. The van der Waals surface area contributed by atoms with Crippen molar-refractivity contribution < 1.29 is 8.42 Å². The standard InChI is InChI=1S/C13H24N4O2S/c1-7-10-16-11(14-5)9(2)12(17-10)15-8-13(3,4)20(6,18)19/h7-8H2,1-6H3,(H2,14,15,16,17). The summed E-state index contributed by atoms with van der Waals surface area (Å²) in [6, 6.07) is 0. The third-order valence-corrected chi connectivity index (χ3v) is 5.58. The van der Waals surface area contributed by atoms with Gasteiger partial charge in [-0.15, -0.1) is 0 Å². The first kappa shape index (κ1) is 16.7. The fourth-order valence-electron chi connectivity index (χ4n) is 1.56. The third-order valence-electron chi connectivity index (χ3n) is 3.43. The number of sulfone groups is 1. The Bertz CT molecular complexity index is 582. The van der Waals surface area contributed by atoms with Gasteiger partial charge in [0.05, 0.1) is 4.75 Å². The number of anilines is 2. The minimum absolute atomic E-state index is 0.302. The first-order valence-corrected chi connectivity index (χ1v) is 8.50. The SMILES string of the molecule is CCc1nc(NC)c(C)c(NCC(C)(C)S(C)(=O)=O)n1. The summed E-state index contributed by atoms with van der Waals surface area (Å²) in [6.07, 6.45) is 1.97. The van der Waals surface area contributed by atoms with Crippen molar-refractivity contribution >= 4 is 21.5 Å². The lowest BCUT2D eigenvalue weighted by molar-refractivity contribution is 0.559. The van der Waals surface area contributed by atoms with Gasteiger partial charge in [0.25, 0.3) is 0 Å². The predicted octanol–water partition coefficient (Wildman–Crippen LogP) is 1.62. The second kappa shape index (κ2) is 5.95. The second-order valence-corrected chi connectivity index (χ2v) is 8.10. The molecule has 1 aromatic heterocycles. The van der Waals surface area contributed by atoms with E-state index in [0.717, 1.165) is 23.6 Å². The number of nitrogens with one attached hydrogen (secondary N) is 2. The Balaban J connectivity index is 3.04. The van der Waals surface area contributed by atoms with Crippen molar-refractivity contribution in [3.8, 4) is 0 Å². The van der Waals surface area contributed by atoms with Gasteiger partial charge in [-0.05, 0) is 20.8 Å². The maximum absolute atomic E-state index is 11.7. The van der Waals surface area contributed by atoms with Crippen molar-refractivity contribution in [1.29, 1.82) is 0 Å². The highest BCUT2D eigenvalue weighted by molar-refractivity contribution is 7.92. The Kier molecular flexibility index (Phi) is 4.96. The van der Waals surface area contributed by atoms with Crippen molar-refractivity contribution in [3.05, 3.63) is 11.4 Å². The zero-order valence-corrected chi connectivity index (χ0v) is 13.8. The van der Waals surface area contributed by atoms with Gasteiger partial charge >= 0.3 is 0 Å². The Morgan fingerprint density at radius 3 is 2.20 bits per heavy atom. The summed E-state index contributed by atoms with van der Waals surface area (Å²) in [5.41, 5.74) is 0.883. The third kappa shape index (κ3) is 3.59. The lowest BCUT2D eigenvalue weighted by Crippen LogP contribution is -2.38. The van der Waals surface area contributed by atoms with E-state index >= 15 is 0 Å². The first-order valence-electron chi connectivity index (χ1n) is 6.61. The van der Waals surface area contributed by atoms with Gasteiger partial charge in [0.2, 0.25) is 0 Å². The molecule has 20 heavy (non-hydrogen) atoms. The number of rotatable bonds is 6. The average molecular weight is 300 g/mol. The van der Waals surface area contributed by atoms with Gasteiger partial charge in [0.1, 0.15) is 17.5 Å². The van der Waals surface area contributed by atoms with Crippen LogP contribution in [0.4, 0.5) is 11.6 Å². The van der Waals surface area contributed by atoms with E-state index in [4.69, 9.17) is 0 Å². The minimum atomic E-state index is -3.14. The van der Waals surface area contributed by atoms with Crippen LogP contribution in [0.3, 0.4) is 0 Å². The minimum Gasteiger partial charge on any atom is -0.373 e. The molecule has 0 aliphatic heterocycles. The van der Waals surface area contributed by atoms with E-state index in [2.05, 4.69) is 20.6 Å². The lowest BCUT2D eigenvalue weighted by atomic mass is 10.2. The van der Waals surface area contributed by atoms with Crippen molar-refractivity contribution in [2.24, 2.45) is 0 Å². The summed E-state index contributed by atoms with van der Waals surface area (Å²) in [6.45, 7) is 7.59. The maximum Gasteiger partial charge on any atom is 0.154 e. The number of hydrogen-bond donors (Lipinski definition) is 2. The molecule has 0 aliphatic carbocycles. The van der Waals surface area contributed by atoms with Crippen LogP contribution in [0.1, 0.15) is 32.2 Å². The van der Waals surface area contributed by atoms with Crippen LogP contribution in [-0.2, 0) is 16.3 Å². The van der Waals surface area contributed by atoms with E-state index < -0.39 is 14.6 Å². The fraction of sp³-hybridized carbons (Fsp3) is 0.692. The quantitative estimate of drug-likeness (QED) is 0.830. The number of aryl methyl sites for hydroxylation is 1. The molecule has 0 saturated carbocycles. The Labute approximate surface area is 121 Å². The van der Waals surface area contributed by atoms with Crippen LogP contribution in [0.25, 0.3) is 0 Å². The summed E-state index contributed by atoms with van der Waals surface area (Å²) in [5.74, 6) is 2.16. The maximum atomic E-state index is 11.7. The van der Waals surface area contributed by atoms with E-state index in [1.54, 1.807) is 20.9 Å². The molecule has 0 radical (unpaired) electrons. The van der Waals surface area contributed by atoms with Crippen LogP contribution in [0.2, 0.25) is 0 Å². The molecule has 6 nitrogen and oxygen atoms in total. The molecule has 0 atom stereocenters. The molecule has 0 aromatic carbocycles. The van der Waals surface area contributed by atoms with E-state index in [0.29, 0.717) is 12.4 Å². The van der Waals surface area contributed by atoms with Gasteiger partial charge in [-0.3, -0.25) is 0 Å². The van der Waals surface area contributed by atoms with E-state index in [1.165, 1.54) is 6.26 Å². The Morgan fingerprint density at radius 2 is 1.75 bits per heavy atom. The summed E-state index contributed by atoms with van der Waals surface area (Å²) < 4.78 is 22.6. The molecule has 0 bridgehead atoms. The molecular formula is C13H24N4O2S. The molecule has 1 rings (SSSR count). The molecule has 0 saturated heterocycles. The van der Waals surface area contributed by atoms with E-state index in [9.17, 15) is 8.42 Å². The highest BCUT2D eigenvalue weighted by atomic mass is 32.2. The van der Waals surface area contributed by atoms with Crippen molar-refractivity contribution in [2.75, 3.05) is 30.5 Å². The number of hydrogen-bond acceptors (Lipinski definition) is 6. The number of aromatic nitrogens is 2. The van der Waals surface area contributed by atoms with Gasteiger partial charge in [-0.1, -0.05) is 6.92 Å². The molecule has 7 heteroatoms. The first-order chi connectivity index (χ1) is 9.12. The Morgan fingerprint density at radius 1 is 1.20 bits per heavy atom. The molecule has 2 N–H and O–H groups in total. The average Bonchev–Trinajstić information content (AvgIpc) is 2.36. The predicted molar refractivity (Wildman–Crippen MR) is 83.1 cm³/mol. The smallest absolute Gasteiger partial charge is 0.154 e. The van der Waals surface area contributed by atoms with Crippen LogP contribution in [0, 0.1) is 6.92 Å². The molecule has 1 aromatic rings. The zero-order valence-electron chi connectivity index (χ0n) is 13.0.